The fourth-order valence-corrected chi connectivity index (χ4v) is 3.06. The normalized spacial score (nSPS) is 11.7. The SMILES string of the molecule is CCCCCCCCCCCCCCCCCCOC(=O)C(Cl)(Cl)Cl. The molecule has 0 rings (SSSR count). The Balaban J connectivity index is 3.11. The van der Waals surface area contributed by atoms with Gasteiger partial charge in [0.25, 0.3) is 3.79 Å². The molecule has 0 aromatic heterocycles. The van der Waals surface area contributed by atoms with Crippen LogP contribution in [0.3, 0.4) is 0 Å². The molecule has 0 aliphatic carbocycles. The van der Waals surface area contributed by atoms with Crippen LogP contribution in [0, 0.1) is 0 Å². The molecule has 0 saturated heterocycles. The number of alkyl halides is 3. The minimum atomic E-state index is -1.95. The van der Waals surface area contributed by atoms with Crippen LogP contribution in [0.15, 0.2) is 0 Å². The number of unbranched alkanes of at least 4 members (excludes halogenated alkanes) is 15. The van der Waals surface area contributed by atoms with E-state index in [0.29, 0.717) is 6.61 Å². The molecule has 0 atom stereocenters. The Hall–Kier alpha value is 0.340. The molecule has 0 heterocycles. The summed E-state index contributed by atoms with van der Waals surface area (Å²) in [4.78, 5) is 11.2. The van der Waals surface area contributed by atoms with E-state index in [0.717, 1.165) is 12.8 Å². The second kappa shape index (κ2) is 17.7. The summed E-state index contributed by atoms with van der Waals surface area (Å²) in [5.41, 5.74) is 0. The quantitative estimate of drug-likeness (QED) is 0.136. The molecule has 0 aromatic carbocycles. The van der Waals surface area contributed by atoms with Crippen LogP contribution in [0.1, 0.15) is 110 Å². The Morgan fingerprint density at radius 3 is 1.28 bits per heavy atom. The van der Waals surface area contributed by atoms with Crippen molar-refractivity contribution in [2.75, 3.05) is 6.61 Å². The third-order valence-corrected chi connectivity index (χ3v) is 4.93. The number of carbonyl (C=O) groups excluding carboxylic acids is 1. The average Bonchev–Trinajstić information content (AvgIpc) is 2.56. The number of hydrogen-bond acceptors (Lipinski definition) is 2. The number of hydrogen-bond donors (Lipinski definition) is 0. The molecule has 0 aliphatic rings. The highest BCUT2D eigenvalue weighted by molar-refractivity contribution is 6.75. The van der Waals surface area contributed by atoms with Crippen molar-refractivity contribution in [3.63, 3.8) is 0 Å². The van der Waals surface area contributed by atoms with Gasteiger partial charge >= 0.3 is 5.97 Å². The molecule has 0 N–H and O–H groups in total. The largest absolute Gasteiger partial charge is 0.463 e. The summed E-state index contributed by atoms with van der Waals surface area (Å²) < 4.78 is 2.94. The van der Waals surface area contributed by atoms with Crippen LogP contribution in [0.4, 0.5) is 0 Å². The molecule has 0 aromatic rings. The van der Waals surface area contributed by atoms with Gasteiger partial charge in [-0.3, -0.25) is 0 Å². The maximum atomic E-state index is 11.2. The van der Waals surface area contributed by atoms with Gasteiger partial charge in [-0.15, -0.1) is 0 Å². The average molecular weight is 416 g/mol. The molecule has 0 fully saturated rings. The molecule has 150 valence electrons. The van der Waals surface area contributed by atoms with Gasteiger partial charge in [0.05, 0.1) is 6.61 Å². The number of esters is 1. The van der Waals surface area contributed by atoms with E-state index in [1.54, 1.807) is 0 Å². The fraction of sp³-hybridized carbons (Fsp3) is 0.950. The standard InChI is InChI=1S/C20H37Cl3O2/c1-2-3-4-5-6-7-8-9-10-11-12-13-14-15-16-17-18-25-19(24)20(21,22)23/h2-18H2,1H3. The van der Waals surface area contributed by atoms with Crippen molar-refractivity contribution in [3.05, 3.63) is 0 Å². The van der Waals surface area contributed by atoms with E-state index >= 15 is 0 Å². The van der Waals surface area contributed by atoms with Crippen molar-refractivity contribution >= 4 is 40.8 Å². The van der Waals surface area contributed by atoms with Gasteiger partial charge in [0, 0.05) is 0 Å². The molecule has 0 radical (unpaired) electrons. The van der Waals surface area contributed by atoms with Gasteiger partial charge in [0.1, 0.15) is 0 Å². The fourth-order valence-electron chi connectivity index (χ4n) is 2.90. The predicted molar refractivity (Wildman–Crippen MR) is 111 cm³/mol. The Bertz CT molecular complexity index is 304. The Kier molecular flexibility index (Phi) is 18.0. The monoisotopic (exact) mass is 414 g/mol. The highest BCUT2D eigenvalue weighted by atomic mass is 35.6. The minimum Gasteiger partial charge on any atom is -0.463 e. The molecule has 5 heteroatoms. The molecule has 25 heavy (non-hydrogen) atoms. The lowest BCUT2D eigenvalue weighted by atomic mass is 10.0. The van der Waals surface area contributed by atoms with E-state index in [4.69, 9.17) is 39.5 Å². The summed E-state index contributed by atoms with van der Waals surface area (Å²) >= 11 is 16.2. The van der Waals surface area contributed by atoms with Gasteiger partial charge in [-0.1, -0.05) is 138 Å². The zero-order valence-electron chi connectivity index (χ0n) is 16.0. The molecule has 0 aliphatic heterocycles. The zero-order valence-corrected chi connectivity index (χ0v) is 18.2. The molecule has 0 amide bonds. The lowest BCUT2D eigenvalue weighted by molar-refractivity contribution is -0.142. The van der Waals surface area contributed by atoms with Crippen molar-refractivity contribution in [3.8, 4) is 0 Å². The Morgan fingerprint density at radius 2 is 0.960 bits per heavy atom. The highest BCUT2D eigenvalue weighted by Gasteiger charge is 2.32. The molecule has 0 saturated carbocycles. The van der Waals surface area contributed by atoms with Crippen molar-refractivity contribution in [1.82, 2.24) is 0 Å². The summed E-state index contributed by atoms with van der Waals surface area (Å²) in [7, 11) is 0. The van der Waals surface area contributed by atoms with Gasteiger partial charge in [-0.05, 0) is 6.42 Å². The van der Waals surface area contributed by atoms with Crippen LogP contribution in [-0.2, 0) is 9.53 Å². The van der Waals surface area contributed by atoms with Crippen LogP contribution >= 0.6 is 34.8 Å². The second-order valence-corrected chi connectivity index (χ2v) is 9.22. The summed E-state index contributed by atoms with van der Waals surface area (Å²) in [5, 5.41) is 0. The van der Waals surface area contributed by atoms with Gasteiger partial charge < -0.3 is 4.74 Å². The molecule has 0 unspecified atom stereocenters. The first-order valence-corrected chi connectivity index (χ1v) is 11.4. The number of ether oxygens (including phenoxy) is 1. The van der Waals surface area contributed by atoms with Crippen molar-refractivity contribution in [2.45, 2.75) is 113 Å². The molecule has 2 nitrogen and oxygen atoms in total. The molecular formula is C20H37Cl3O2. The predicted octanol–water partition coefficient (Wildman–Crippen LogP) is 8.16. The lowest BCUT2D eigenvalue weighted by Gasteiger charge is -2.10. The van der Waals surface area contributed by atoms with Crippen LogP contribution in [0.5, 0.6) is 0 Å². The van der Waals surface area contributed by atoms with E-state index in [1.165, 1.54) is 89.9 Å². The van der Waals surface area contributed by atoms with Crippen LogP contribution in [-0.4, -0.2) is 16.4 Å². The maximum absolute atomic E-state index is 11.2. The van der Waals surface area contributed by atoms with Gasteiger partial charge in [-0.2, -0.15) is 0 Å². The van der Waals surface area contributed by atoms with E-state index in [9.17, 15) is 4.79 Å². The highest BCUT2D eigenvalue weighted by Crippen LogP contribution is 2.27. The molecule has 0 spiro atoms. The first kappa shape index (κ1) is 25.3. The van der Waals surface area contributed by atoms with Crippen LogP contribution < -0.4 is 0 Å². The minimum absolute atomic E-state index is 0.338. The third-order valence-electron chi connectivity index (χ3n) is 4.46. The summed E-state index contributed by atoms with van der Waals surface area (Å²) in [6, 6.07) is 0. The van der Waals surface area contributed by atoms with Crippen LogP contribution in [0.2, 0.25) is 0 Å². The number of carbonyl (C=O) groups is 1. The van der Waals surface area contributed by atoms with Gasteiger partial charge in [0.2, 0.25) is 0 Å². The Morgan fingerprint density at radius 1 is 0.640 bits per heavy atom. The first-order chi connectivity index (χ1) is 12.0. The van der Waals surface area contributed by atoms with E-state index in [-0.39, 0.29) is 0 Å². The smallest absolute Gasteiger partial charge is 0.358 e. The summed E-state index contributed by atoms with van der Waals surface area (Å²) in [6.07, 6.45) is 21.0. The number of halogens is 3. The lowest BCUT2D eigenvalue weighted by Crippen LogP contribution is -2.22. The number of rotatable bonds is 17. The summed E-state index contributed by atoms with van der Waals surface area (Å²) in [6.45, 7) is 2.61. The second-order valence-electron chi connectivity index (χ2n) is 6.94. The van der Waals surface area contributed by atoms with Crippen molar-refractivity contribution < 1.29 is 9.53 Å². The van der Waals surface area contributed by atoms with Gasteiger partial charge in [0.15, 0.2) is 0 Å². The maximum Gasteiger partial charge on any atom is 0.358 e. The van der Waals surface area contributed by atoms with E-state index < -0.39 is 9.76 Å². The van der Waals surface area contributed by atoms with E-state index in [2.05, 4.69) is 6.92 Å². The van der Waals surface area contributed by atoms with E-state index in [1.807, 2.05) is 0 Å². The van der Waals surface area contributed by atoms with Crippen LogP contribution in [0.25, 0.3) is 0 Å². The van der Waals surface area contributed by atoms with Crippen molar-refractivity contribution in [1.29, 1.82) is 0 Å². The topological polar surface area (TPSA) is 26.3 Å². The van der Waals surface area contributed by atoms with Crippen molar-refractivity contribution in [2.24, 2.45) is 0 Å². The molecule has 0 bridgehead atoms. The molecular weight excluding hydrogens is 379 g/mol. The first-order valence-electron chi connectivity index (χ1n) is 10.2. The Labute approximate surface area is 170 Å². The zero-order chi connectivity index (χ0) is 18.8. The van der Waals surface area contributed by atoms with Gasteiger partial charge in [-0.25, -0.2) is 4.79 Å². The summed E-state index contributed by atoms with van der Waals surface area (Å²) in [5.74, 6) is -0.779. The third kappa shape index (κ3) is 18.9.